The molecule has 0 aromatic rings. The van der Waals surface area contributed by atoms with Crippen molar-refractivity contribution in [1.29, 1.82) is 0 Å². The van der Waals surface area contributed by atoms with E-state index in [4.69, 9.17) is 21.1 Å². The van der Waals surface area contributed by atoms with Gasteiger partial charge < -0.3 is 9.47 Å². The van der Waals surface area contributed by atoms with Gasteiger partial charge in [-0.05, 0) is 12.3 Å². The molecule has 0 aromatic carbocycles. The van der Waals surface area contributed by atoms with E-state index in [2.05, 4.69) is 13.8 Å². The molecular weight excluding hydrogens is 188 g/mol. The lowest BCUT2D eigenvalue weighted by atomic mass is 10.1. The highest BCUT2D eigenvalue weighted by atomic mass is 35.5. The summed E-state index contributed by atoms with van der Waals surface area (Å²) in [7, 11) is 0. The first kappa shape index (κ1) is 13.2. The smallest absolute Gasteiger partial charge is 0.0701 e. The Morgan fingerprint density at radius 3 is 2.46 bits per heavy atom. The van der Waals surface area contributed by atoms with E-state index in [1.807, 2.05) is 0 Å². The first-order valence-corrected chi connectivity index (χ1v) is 5.56. The molecule has 0 aliphatic heterocycles. The Morgan fingerprint density at radius 2 is 1.85 bits per heavy atom. The van der Waals surface area contributed by atoms with Gasteiger partial charge in [-0.2, -0.15) is 0 Å². The fraction of sp³-hybridized carbons (Fsp3) is 1.00. The third kappa shape index (κ3) is 10.1. The summed E-state index contributed by atoms with van der Waals surface area (Å²) in [6.07, 6.45) is 2.47. The molecule has 0 bridgehead atoms. The van der Waals surface area contributed by atoms with Gasteiger partial charge in [0.05, 0.1) is 19.8 Å². The van der Waals surface area contributed by atoms with Crippen LogP contribution in [0.4, 0.5) is 0 Å². The van der Waals surface area contributed by atoms with Crippen molar-refractivity contribution in [3.05, 3.63) is 0 Å². The molecule has 0 saturated carbocycles. The Kier molecular flexibility index (Phi) is 10.5. The van der Waals surface area contributed by atoms with E-state index in [0.717, 1.165) is 6.61 Å². The van der Waals surface area contributed by atoms with E-state index >= 15 is 0 Å². The van der Waals surface area contributed by atoms with Gasteiger partial charge in [0.2, 0.25) is 0 Å². The molecular formula is C10H21ClO2. The zero-order valence-electron chi connectivity index (χ0n) is 8.72. The molecule has 2 nitrogen and oxygen atoms in total. The van der Waals surface area contributed by atoms with Gasteiger partial charge in [-0.1, -0.05) is 20.3 Å². The van der Waals surface area contributed by atoms with Gasteiger partial charge in [0, 0.05) is 12.5 Å². The highest BCUT2D eigenvalue weighted by Gasteiger charge is 1.99. The van der Waals surface area contributed by atoms with Crippen molar-refractivity contribution in [3.8, 4) is 0 Å². The quantitative estimate of drug-likeness (QED) is 0.429. The van der Waals surface area contributed by atoms with Crippen LogP contribution in [0.15, 0.2) is 0 Å². The molecule has 0 amide bonds. The number of ether oxygens (including phenoxy) is 2. The number of rotatable bonds is 9. The molecule has 1 unspecified atom stereocenters. The zero-order valence-corrected chi connectivity index (χ0v) is 9.48. The number of alkyl halides is 1. The Morgan fingerprint density at radius 1 is 1.15 bits per heavy atom. The molecule has 0 spiro atoms. The zero-order chi connectivity index (χ0) is 9.94. The maximum absolute atomic E-state index is 5.44. The first-order chi connectivity index (χ1) is 6.31. The van der Waals surface area contributed by atoms with Crippen molar-refractivity contribution in [1.82, 2.24) is 0 Å². The van der Waals surface area contributed by atoms with E-state index in [-0.39, 0.29) is 0 Å². The van der Waals surface area contributed by atoms with Crippen LogP contribution in [0.25, 0.3) is 0 Å². The summed E-state index contributed by atoms with van der Waals surface area (Å²) in [4.78, 5) is 0. The van der Waals surface area contributed by atoms with E-state index in [1.54, 1.807) is 0 Å². The summed E-state index contributed by atoms with van der Waals surface area (Å²) in [5, 5.41) is 0. The van der Waals surface area contributed by atoms with Gasteiger partial charge >= 0.3 is 0 Å². The summed E-state index contributed by atoms with van der Waals surface area (Å²) < 4.78 is 10.6. The van der Waals surface area contributed by atoms with Crippen molar-refractivity contribution in [2.24, 2.45) is 5.92 Å². The second-order valence-electron chi connectivity index (χ2n) is 3.27. The van der Waals surface area contributed by atoms with Crippen LogP contribution >= 0.6 is 11.6 Å². The van der Waals surface area contributed by atoms with E-state index in [1.165, 1.54) is 12.8 Å². The number of hydrogen-bond donors (Lipinski definition) is 0. The summed E-state index contributed by atoms with van der Waals surface area (Å²) >= 11 is 5.44. The van der Waals surface area contributed by atoms with E-state index in [0.29, 0.717) is 31.6 Å². The van der Waals surface area contributed by atoms with Crippen LogP contribution in [0.5, 0.6) is 0 Å². The molecule has 0 aliphatic carbocycles. The lowest BCUT2D eigenvalue weighted by molar-refractivity contribution is 0.0392. The molecule has 0 rings (SSSR count). The fourth-order valence-electron chi connectivity index (χ4n) is 1.14. The molecule has 80 valence electrons. The van der Waals surface area contributed by atoms with Crippen LogP contribution in [-0.4, -0.2) is 32.3 Å². The van der Waals surface area contributed by atoms with Crippen molar-refractivity contribution in [3.63, 3.8) is 0 Å². The summed E-state index contributed by atoms with van der Waals surface area (Å²) in [5.41, 5.74) is 0. The van der Waals surface area contributed by atoms with Gasteiger partial charge in [-0.15, -0.1) is 11.6 Å². The topological polar surface area (TPSA) is 18.5 Å². The second-order valence-corrected chi connectivity index (χ2v) is 3.65. The number of hydrogen-bond acceptors (Lipinski definition) is 2. The SMILES string of the molecule is CCCC(C)COCCOCCCl. The van der Waals surface area contributed by atoms with Crippen LogP contribution < -0.4 is 0 Å². The molecule has 1 atom stereocenters. The van der Waals surface area contributed by atoms with Gasteiger partial charge in [0.1, 0.15) is 0 Å². The summed E-state index contributed by atoms with van der Waals surface area (Å²) in [5.74, 6) is 1.23. The highest BCUT2D eigenvalue weighted by Crippen LogP contribution is 2.04. The lowest BCUT2D eigenvalue weighted by Crippen LogP contribution is -2.11. The minimum absolute atomic E-state index is 0.562. The summed E-state index contributed by atoms with van der Waals surface area (Å²) in [6.45, 7) is 7.22. The summed E-state index contributed by atoms with van der Waals surface area (Å²) in [6, 6.07) is 0. The molecule has 0 saturated heterocycles. The molecule has 0 fully saturated rings. The Bertz CT molecular complexity index is 98.9. The van der Waals surface area contributed by atoms with Crippen molar-refractivity contribution in [2.45, 2.75) is 26.7 Å². The maximum atomic E-state index is 5.44. The monoisotopic (exact) mass is 208 g/mol. The van der Waals surface area contributed by atoms with Crippen molar-refractivity contribution >= 4 is 11.6 Å². The van der Waals surface area contributed by atoms with Gasteiger partial charge in [-0.3, -0.25) is 0 Å². The first-order valence-electron chi connectivity index (χ1n) is 5.02. The maximum Gasteiger partial charge on any atom is 0.0701 e. The normalized spacial score (nSPS) is 13.2. The standard InChI is InChI=1S/C10H21ClO2/c1-3-4-10(2)9-13-8-7-12-6-5-11/h10H,3-9H2,1-2H3. The van der Waals surface area contributed by atoms with Gasteiger partial charge in [-0.25, -0.2) is 0 Å². The predicted octanol–water partition coefficient (Wildman–Crippen LogP) is 2.69. The average molecular weight is 209 g/mol. The van der Waals surface area contributed by atoms with Crippen molar-refractivity contribution in [2.75, 3.05) is 32.3 Å². The minimum Gasteiger partial charge on any atom is -0.379 e. The predicted molar refractivity (Wildman–Crippen MR) is 56.4 cm³/mol. The molecule has 0 N–H and O–H groups in total. The van der Waals surface area contributed by atoms with Crippen LogP contribution in [0.1, 0.15) is 26.7 Å². The number of halogens is 1. The van der Waals surface area contributed by atoms with Crippen LogP contribution in [0.2, 0.25) is 0 Å². The highest BCUT2D eigenvalue weighted by molar-refractivity contribution is 6.17. The van der Waals surface area contributed by atoms with E-state index in [9.17, 15) is 0 Å². The Labute approximate surface area is 86.6 Å². The Hall–Kier alpha value is 0.210. The second kappa shape index (κ2) is 10.3. The van der Waals surface area contributed by atoms with Gasteiger partial charge in [0.15, 0.2) is 0 Å². The third-order valence-corrected chi connectivity index (χ3v) is 1.93. The average Bonchev–Trinajstić information content (AvgIpc) is 2.11. The fourth-order valence-corrected chi connectivity index (χ4v) is 1.24. The third-order valence-electron chi connectivity index (χ3n) is 1.78. The molecule has 0 aliphatic rings. The van der Waals surface area contributed by atoms with Gasteiger partial charge in [0.25, 0.3) is 0 Å². The van der Waals surface area contributed by atoms with E-state index < -0.39 is 0 Å². The molecule has 3 heteroatoms. The Balaban J connectivity index is 2.97. The molecule has 0 heterocycles. The molecule has 13 heavy (non-hydrogen) atoms. The minimum atomic E-state index is 0.562. The van der Waals surface area contributed by atoms with Crippen molar-refractivity contribution < 1.29 is 9.47 Å². The molecule has 0 aromatic heterocycles. The van der Waals surface area contributed by atoms with Crippen LogP contribution in [-0.2, 0) is 9.47 Å². The van der Waals surface area contributed by atoms with Crippen LogP contribution in [0.3, 0.4) is 0 Å². The largest absolute Gasteiger partial charge is 0.379 e. The lowest BCUT2D eigenvalue weighted by Gasteiger charge is -2.10. The molecule has 0 radical (unpaired) electrons. The van der Waals surface area contributed by atoms with Crippen LogP contribution in [0, 0.1) is 5.92 Å².